The fourth-order valence-electron chi connectivity index (χ4n) is 2.53. The lowest BCUT2D eigenvalue weighted by Crippen LogP contribution is -2.26. The number of benzene rings is 2. The Balaban J connectivity index is 1.96. The Morgan fingerprint density at radius 3 is 2.52 bits per heavy atom. The lowest BCUT2D eigenvalue weighted by atomic mass is 10.0. The van der Waals surface area contributed by atoms with Crippen LogP contribution in [0.2, 0.25) is 0 Å². The number of nitrogens with zero attached hydrogens (tertiary/aromatic N) is 1. The van der Waals surface area contributed by atoms with Gasteiger partial charge in [-0.1, -0.05) is 42.5 Å². The SMILES string of the molecule is Cc1ccccc1/C(C#N)=c1\ccs\c1=C/NOS(=O)(=O)c1ccccc1. The fourth-order valence-corrected chi connectivity index (χ4v) is 4.06. The molecule has 0 unspecified atom stereocenters. The first-order chi connectivity index (χ1) is 13.0. The molecule has 136 valence electrons. The van der Waals surface area contributed by atoms with E-state index in [9.17, 15) is 13.7 Å². The van der Waals surface area contributed by atoms with Gasteiger partial charge >= 0.3 is 10.1 Å². The van der Waals surface area contributed by atoms with Crippen LogP contribution in [-0.4, -0.2) is 8.42 Å². The highest BCUT2D eigenvalue weighted by atomic mass is 32.2. The third-order valence-electron chi connectivity index (χ3n) is 3.87. The molecule has 0 aliphatic rings. The summed E-state index contributed by atoms with van der Waals surface area (Å²) in [5.74, 6) is 0. The molecule has 0 atom stereocenters. The number of nitrogens with one attached hydrogen (secondary N) is 1. The predicted molar refractivity (Wildman–Crippen MR) is 105 cm³/mol. The second-order valence-electron chi connectivity index (χ2n) is 5.61. The van der Waals surface area contributed by atoms with Crippen LogP contribution in [0, 0.1) is 18.3 Å². The van der Waals surface area contributed by atoms with Crippen LogP contribution in [0.1, 0.15) is 11.1 Å². The molecule has 2 aromatic carbocycles. The summed E-state index contributed by atoms with van der Waals surface area (Å²) in [6.45, 7) is 1.94. The number of nitriles is 1. The van der Waals surface area contributed by atoms with Crippen LogP contribution in [0.3, 0.4) is 0 Å². The molecule has 0 saturated heterocycles. The second-order valence-corrected chi connectivity index (χ2v) is 8.11. The summed E-state index contributed by atoms with van der Waals surface area (Å²) in [5.41, 5.74) is 4.74. The molecule has 5 nitrogen and oxygen atoms in total. The zero-order valence-electron chi connectivity index (χ0n) is 14.4. The van der Waals surface area contributed by atoms with Gasteiger partial charge in [0, 0.05) is 11.4 Å². The van der Waals surface area contributed by atoms with Gasteiger partial charge in [-0.05, 0) is 41.6 Å². The molecule has 1 aromatic heterocycles. The quantitative estimate of drug-likeness (QED) is 0.670. The summed E-state index contributed by atoms with van der Waals surface area (Å²) in [5, 5.41) is 12.2. The average Bonchev–Trinajstić information content (AvgIpc) is 3.13. The maximum atomic E-state index is 12.1. The predicted octanol–water partition coefficient (Wildman–Crippen LogP) is 2.43. The van der Waals surface area contributed by atoms with Crippen molar-refractivity contribution >= 4 is 33.2 Å². The van der Waals surface area contributed by atoms with E-state index in [1.165, 1.54) is 29.7 Å². The second kappa shape index (κ2) is 8.18. The minimum absolute atomic E-state index is 0.0569. The van der Waals surface area contributed by atoms with Crippen LogP contribution < -0.4 is 15.2 Å². The number of hydroxylamine groups is 1. The summed E-state index contributed by atoms with van der Waals surface area (Å²) < 4.78 is 29.8. The van der Waals surface area contributed by atoms with Crippen molar-refractivity contribution in [2.45, 2.75) is 11.8 Å². The van der Waals surface area contributed by atoms with E-state index >= 15 is 0 Å². The molecule has 0 amide bonds. The number of hydrogen-bond donors (Lipinski definition) is 1. The van der Waals surface area contributed by atoms with Gasteiger partial charge < -0.3 is 0 Å². The van der Waals surface area contributed by atoms with E-state index in [2.05, 4.69) is 11.5 Å². The first-order valence-corrected chi connectivity index (χ1v) is 10.3. The zero-order valence-corrected chi connectivity index (χ0v) is 16.0. The first-order valence-electron chi connectivity index (χ1n) is 8.01. The fraction of sp³-hybridized carbons (Fsp3) is 0.0500. The van der Waals surface area contributed by atoms with Crippen LogP contribution in [0.25, 0.3) is 11.8 Å². The molecule has 0 radical (unpaired) electrons. The van der Waals surface area contributed by atoms with Gasteiger partial charge in [-0.25, -0.2) is 0 Å². The van der Waals surface area contributed by atoms with E-state index in [4.69, 9.17) is 4.28 Å². The Morgan fingerprint density at radius 2 is 1.81 bits per heavy atom. The number of hydrogen-bond acceptors (Lipinski definition) is 6. The molecule has 0 fully saturated rings. The highest BCUT2D eigenvalue weighted by Gasteiger charge is 2.14. The van der Waals surface area contributed by atoms with Crippen molar-refractivity contribution in [3.05, 3.63) is 86.9 Å². The molecular weight excluding hydrogens is 380 g/mol. The molecule has 0 bridgehead atoms. The van der Waals surface area contributed by atoms with Gasteiger partial charge in [0.2, 0.25) is 0 Å². The van der Waals surface area contributed by atoms with Crippen molar-refractivity contribution in [2.75, 3.05) is 0 Å². The number of aryl methyl sites for hydroxylation is 1. The Morgan fingerprint density at radius 1 is 1.11 bits per heavy atom. The van der Waals surface area contributed by atoms with Crippen molar-refractivity contribution in [1.82, 2.24) is 5.48 Å². The highest BCUT2D eigenvalue weighted by Crippen LogP contribution is 2.15. The lowest BCUT2D eigenvalue weighted by molar-refractivity contribution is 0.264. The van der Waals surface area contributed by atoms with Crippen LogP contribution in [-0.2, 0) is 14.4 Å². The summed E-state index contributed by atoms with van der Waals surface area (Å²) >= 11 is 1.38. The van der Waals surface area contributed by atoms with Crippen molar-refractivity contribution in [1.29, 1.82) is 5.26 Å². The Kier molecular flexibility index (Phi) is 5.72. The van der Waals surface area contributed by atoms with Gasteiger partial charge in [-0.2, -0.15) is 13.7 Å². The Hall–Kier alpha value is -2.92. The van der Waals surface area contributed by atoms with Gasteiger partial charge in [-0.15, -0.1) is 15.6 Å². The normalized spacial score (nSPS) is 13.1. The standard InChI is InChI=1S/C20H16N2O3S2/c1-15-7-5-6-10-17(15)19(13-21)18-11-12-26-20(18)14-22-25-27(23,24)16-8-3-2-4-9-16/h2-12,14,22H,1H3/b19-18+,20-14-. The topological polar surface area (TPSA) is 79.2 Å². The minimum Gasteiger partial charge on any atom is -0.255 e. The van der Waals surface area contributed by atoms with Crippen molar-refractivity contribution in [3.63, 3.8) is 0 Å². The smallest absolute Gasteiger partial charge is 0.255 e. The van der Waals surface area contributed by atoms with Crippen molar-refractivity contribution in [2.24, 2.45) is 0 Å². The van der Waals surface area contributed by atoms with E-state index in [1.807, 2.05) is 42.6 Å². The summed E-state index contributed by atoms with van der Waals surface area (Å²) in [7, 11) is -3.92. The maximum absolute atomic E-state index is 12.1. The molecule has 3 rings (SSSR count). The molecule has 1 N–H and O–H groups in total. The van der Waals surface area contributed by atoms with Crippen LogP contribution >= 0.6 is 11.3 Å². The molecule has 7 heteroatoms. The average molecular weight is 396 g/mol. The summed E-state index contributed by atoms with van der Waals surface area (Å²) in [6, 6.07) is 19.6. The van der Waals surface area contributed by atoms with Gasteiger partial charge in [-0.3, -0.25) is 5.48 Å². The highest BCUT2D eigenvalue weighted by molar-refractivity contribution is 7.86. The van der Waals surface area contributed by atoms with Gasteiger partial charge in [0.25, 0.3) is 0 Å². The summed E-state index contributed by atoms with van der Waals surface area (Å²) in [4.78, 5) is 0.0569. The maximum Gasteiger partial charge on any atom is 0.317 e. The zero-order chi connectivity index (χ0) is 19.3. The molecule has 0 spiro atoms. The van der Waals surface area contributed by atoms with Crippen LogP contribution in [0.5, 0.6) is 0 Å². The third-order valence-corrected chi connectivity index (χ3v) is 5.90. The molecule has 1 heterocycles. The van der Waals surface area contributed by atoms with Crippen LogP contribution in [0.15, 0.2) is 70.9 Å². The summed E-state index contributed by atoms with van der Waals surface area (Å²) in [6.07, 6.45) is 1.44. The molecule has 0 aliphatic heterocycles. The largest absolute Gasteiger partial charge is 0.317 e. The van der Waals surface area contributed by atoms with E-state index < -0.39 is 10.1 Å². The van der Waals surface area contributed by atoms with E-state index in [0.29, 0.717) is 15.3 Å². The van der Waals surface area contributed by atoms with Crippen LogP contribution in [0.4, 0.5) is 0 Å². The van der Waals surface area contributed by atoms with Crippen molar-refractivity contribution in [3.8, 4) is 6.07 Å². The van der Waals surface area contributed by atoms with E-state index in [-0.39, 0.29) is 4.90 Å². The van der Waals surface area contributed by atoms with E-state index in [0.717, 1.165) is 11.1 Å². The van der Waals surface area contributed by atoms with Crippen molar-refractivity contribution < 1.29 is 12.7 Å². The Labute approximate surface area is 161 Å². The molecule has 27 heavy (non-hydrogen) atoms. The minimum atomic E-state index is -3.92. The first kappa shape index (κ1) is 18.9. The number of rotatable bonds is 5. The molecule has 3 aromatic rings. The van der Waals surface area contributed by atoms with Gasteiger partial charge in [0.15, 0.2) is 0 Å². The molecule has 0 aliphatic carbocycles. The van der Waals surface area contributed by atoms with Gasteiger partial charge in [0.1, 0.15) is 6.07 Å². The Bertz CT molecular complexity index is 1210. The third kappa shape index (κ3) is 4.26. The molecule has 0 saturated carbocycles. The lowest BCUT2D eigenvalue weighted by Gasteiger charge is -2.04. The van der Waals surface area contributed by atoms with E-state index in [1.54, 1.807) is 18.2 Å². The monoisotopic (exact) mass is 396 g/mol. The number of thiophene rings is 1. The van der Waals surface area contributed by atoms with Gasteiger partial charge in [0.05, 0.1) is 15.0 Å². The molecular formula is C20H16N2O3S2.